The third-order valence-electron chi connectivity index (χ3n) is 4.10. The first-order valence-corrected chi connectivity index (χ1v) is 9.87. The molecule has 138 valence electrons. The summed E-state index contributed by atoms with van der Waals surface area (Å²) in [6, 6.07) is 9.77. The van der Waals surface area contributed by atoms with Crippen LogP contribution >= 0.6 is 11.8 Å². The van der Waals surface area contributed by atoms with Crippen LogP contribution in [0.25, 0.3) is 0 Å². The van der Waals surface area contributed by atoms with Crippen molar-refractivity contribution in [2.45, 2.75) is 25.9 Å². The van der Waals surface area contributed by atoms with Crippen LogP contribution in [0.1, 0.15) is 24.8 Å². The Balaban J connectivity index is 0.000000212. The lowest BCUT2D eigenvalue weighted by atomic mass is 10.1. The molecule has 1 aromatic rings. The van der Waals surface area contributed by atoms with Crippen molar-refractivity contribution < 1.29 is 14.3 Å². The van der Waals surface area contributed by atoms with Gasteiger partial charge < -0.3 is 20.3 Å². The number of piperidine rings is 1. The SMILES string of the molecule is NCC(=O)N1CCSC1.O=C(OCc1ccccc1)N1CCCCC1. The van der Waals surface area contributed by atoms with E-state index in [1.54, 1.807) is 21.6 Å². The van der Waals surface area contributed by atoms with E-state index < -0.39 is 0 Å². The van der Waals surface area contributed by atoms with E-state index in [1.807, 2.05) is 30.3 Å². The number of nitrogens with two attached hydrogens (primary N) is 1. The van der Waals surface area contributed by atoms with Gasteiger partial charge in [0.15, 0.2) is 0 Å². The van der Waals surface area contributed by atoms with E-state index in [0.717, 1.165) is 49.7 Å². The molecule has 1 aromatic carbocycles. The molecule has 2 aliphatic heterocycles. The van der Waals surface area contributed by atoms with Crippen LogP contribution in [-0.4, -0.2) is 59.6 Å². The average molecular weight is 365 g/mol. The van der Waals surface area contributed by atoms with Crippen LogP contribution in [0.2, 0.25) is 0 Å². The number of hydrogen-bond acceptors (Lipinski definition) is 5. The fourth-order valence-electron chi connectivity index (χ4n) is 2.63. The highest BCUT2D eigenvalue weighted by molar-refractivity contribution is 7.99. The molecule has 0 aromatic heterocycles. The van der Waals surface area contributed by atoms with Gasteiger partial charge in [-0.25, -0.2) is 4.79 Å². The Morgan fingerprint density at radius 3 is 2.36 bits per heavy atom. The lowest BCUT2D eigenvalue weighted by Crippen LogP contribution is -2.35. The van der Waals surface area contributed by atoms with Gasteiger partial charge in [-0.1, -0.05) is 30.3 Å². The molecular formula is C18H27N3O3S. The van der Waals surface area contributed by atoms with E-state index in [9.17, 15) is 9.59 Å². The second kappa shape index (κ2) is 11.0. The topological polar surface area (TPSA) is 75.9 Å². The highest BCUT2D eigenvalue weighted by Crippen LogP contribution is 2.12. The predicted octanol–water partition coefficient (Wildman–Crippen LogP) is 2.29. The molecule has 0 saturated carbocycles. The van der Waals surface area contributed by atoms with Crippen molar-refractivity contribution in [3.63, 3.8) is 0 Å². The number of hydrogen-bond donors (Lipinski definition) is 1. The number of ether oxygens (including phenoxy) is 1. The summed E-state index contributed by atoms with van der Waals surface area (Å²) < 4.78 is 5.25. The second-order valence-electron chi connectivity index (χ2n) is 5.99. The van der Waals surface area contributed by atoms with E-state index >= 15 is 0 Å². The molecule has 2 heterocycles. The fraction of sp³-hybridized carbons (Fsp3) is 0.556. The zero-order valence-corrected chi connectivity index (χ0v) is 15.4. The Hall–Kier alpha value is -1.73. The van der Waals surface area contributed by atoms with Gasteiger partial charge in [0.05, 0.1) is 12.4 Å². The number of benzene rings is 1. The van der Waals surface area contributed by atoms with Gasteiger partial charge in [0, 0.05) is 25.4 Å². The first-order chi connectivity index (χ1) is 12.2. The van der Waals surface area contributed by atoms with E-state index in [1.165, 1.54) is 6.42 Å². The smallest absolute Gasteiger partial charge is 0.410 e. The summed E-state index contributed by atoms with van der Waals surface area (Å²) in [5.74, 6) is 1.96. The summed E-state index contributed by atoms with van der Waals surface area (Å²) in [5, 5.41) is 0. The average Bonchev–Trinajstić information content (AvgIpc) is 3.22. The van der Waals surface area contributed by atoms with Crippen LogP contribution < -0.4 is 5.73 Å². The van der Waals surface area contributed by atoms with Crippen LogP contribution in [0, 0.1) is 0 Å². The Morgan fingerprint density at radius 2 is 1.76 bits per heavy atom. The molecule has 0 atom stereocenters. The monoisotopic (exact) mass is 365 g/mol. The van der Waals surface area contributed by atoms with Gasteiger partial charge in [0.25, 0.3) is 0 Å². The van der Waals surface area contributed by atoms with Crippen molar-refractivity contribution in [3.05, 3.63) is 35.9 Å². The number of thioether (sulfide) groups is 1. The summed E-state index contributed by atoms with van der Waals surface area (Å²) in [7, 11) is 0. The first kappa shape index (κ1) is 19.6. The van der Waals surface area contributed by atoms with Gasteiger partial charge in [-0.05, 0) is 24.8 Å². The number of rotatable bonds is 3. The van der Waals surface area contributed by atoms with Crippen LogP contribution in [0.5, 0.6) is 0 Å². The molecule has 2 amide bonds. The van der Waals surface area contributed by atoms with Gasteiger partial charge in [-0.3, -0.25) is 4.79 Å². The van der Waals surface area contributed by atoms with E-state index in [2.05, 4.69) is 0 Å². The molecule has 2 saturated heterocycles. The van der Waals surface area contributed by atoms with Gasteiger partial charge >= 0.3 is 6.09 Å². The van der Waals surface area contributed by atoms with Gasteiger partial charge in [-0.2, -0.15) is 0 Å². The van der Waals surface area contributed by atoms with E-state index in [-0.39, 0.29) is 18.5 Å². The summed E-state index contributed by atoms with van der Waals surface area (Å²) in [6.45, 7) is 3.08. The minimum Gasteiger partial charge on any atom is -0.445 e. The molecule has 6 nitrogen and oxygen atoms in total. The molecule has 2 N–H and O–H groups in total. The van der Waals surface area contributed by atoms with Crippen LogP contribution in [0.4, 0.5) is 4.79 Å². The van der Waals surface area contributed by atoms with Crippen molar-refractivity contribution in [1.82, 2.24) is 9.80 Å². The van der Waals surface area contributed by atoms with Crippen molar-refractivity contribution in [2.24, 2.45) is 5.73 Å². The summed E-state index contributed by atoms with van der Waals surface area (Å²) in [4.78, 5) is 26.1. The van der Waals surface area contributed by atoms with Crippen molar-refractivity contribution in [2.75, 3.05) is 37.8 Å². The molecule has 0 bridgehead atoms. The molecule has 0 radical (unpaired) electrons. The molecular weight excluding hydrogens is 338 g/mol. The minimum atomic E-state index is -0.177. The number of carbonyl (C=O) groups excluding carboxylic acids is 2. The Bertz CT molecular complexity index is 530. The zero-order chi connectivity index (χ0) is 17.9. The number of likely N-dealkylation sites (tertiary alicyclic amines) is 1. The van der Waals surface area contributed by atoms with Crippen LogP contribution in [0.15, 0.2) is 30.3 Å². The summed E-state index contributed by atoms with van der Waals surface area (Å²) >= 11 is 1.78. The standard InChI is InChI=1S/C13H17NO2.C5H10N2OS/c15-13(14-9-5-2-6-10-14)16-11-12-7-3-1-4-8-12;6-3-5(8)7-1-2-9-4-7/h1,3-4,7-8H,2,5-6,9-11H2;1-4,6H2. The molecule has 0 aliphatic carbocycles. The quantitative estimate of drug-likeness (QED) is 0.889. The minimum absolute atomic E-state index is 0.0694. The molecule has 2 aliphatic rings. The van der Waals surface area contributed by atoms with Crippen LogP contribution in [0.3, 0.4) is 0 Å². The highest BCUT2D eigenvalue weighted by atomic mass is 32.2. The first-order valence-electron chi connectivity index (χ1n) is 8.72. The van der Waals surface area contributed by atoms with Crippen LogP contribution in [-0.2, 0) is 16.1 Å². The fourth-order valence-corrected chi connectivity index (χ4v) is 3.60. The summed E-state index contributed by atoms with van der Waals surface area (Å²) in [6.07, 6.45) is 3.24. The number of carbonyl (C=O) groups is 2. The van der Waals surface area contributed by atoms with Crippen molar-refractivity contribution >= 4 is 23.8 Å². The molecule has 7 heteroatoms. The third kappa shape index (κ3) is 6.96. The molecule has 25 heavy (non-hydrogen) atoms. The van der Waals surface area contributed by atoms with E-state index in [4.69, 9.17) is 10.5 Å². The third-order valence-corrected chi connectivity index (χ3v) is 5.06. The molecule has 0 spiro atoms. The maximum absolute atomic E-state index is 11.7. The lowest BCUT2D eigenvalue weighted by Gasteiger charge is -2.25. The number of amides is 2. The Kier molecular flexibility index (Phi) is 8.62. The highest BCUT2D eigenvalue weighted by Gasteiger charge is 2.17. The normalized spacial score (nSPS) is 16.8. The summed E-state index contributed by atoms with van der Waals surface area (Å²) in [5.41, 5.74) is 6.19. The van der Waals surface area contributed by atoms with Gasteiger partial charge in [0.2, 0.25) is 5.91 Å². The Morgan fingerprint density at radius 1 is 1.04 bits per heavy atom. The molecule has 0 unspecified atom stereocenters. The lowest BCUT2D eigenvalue weighted by molar-refractivity contribution is -0.128. The van der Waals surface area contributed by atoms with Gasteiger partial charge in [-0.15, -0.1) is 11.8 Å². The van der Waals surface area contributed by atoms with Crippen molar-refractivity contribution in [1.29, 1.82) is 0 Å². The van der Waals surface area contributed by atoms with Gasteiger partial charge in [0.1, 0.15) is 6.61 Å². The maximum atomic E-state index is 11.7. The maximum Gasteiger partial charge on any atom is 0.410 e. The zero-order valence-electron chi connectivity index (χ0n) is 14.6. The van der Waals surface area contributed by atoms with Crippen molar-refractivity contribution in [3.8, 4) is 0 Å². The molecule has 3 rings (SSSR count). The number of nitrogens with zero attached hydrogens (tertiary/aromatic N) is 2. The second-order valence-corrected chi connectivity index (χ2v) is 7.06. The predicted molar refractivity (Wildman–Crippen MR) is 100 cm³/mol. The molecule has 2 fully saturated rings. The van der Waals surface area contributed by atoms with E-state index in [0.29, 0.717) is 6.61 Å². The Labute approximate surface area is 153 Å². The largest absolute Gasteiger partial charge is 0.445 e.